The second-order valence-corrected chi connectivity index (χ2v) is 7.52. The molecule has 0 spiro atoms. The van der Waals surface area contributed by atoms with Crippen molar-refractivity contribution < 1.29 is 18.8 Å². The molecule has 1 aliphatic heterocycles. The molecule has 1 aliphatic rings. The van der Waals surface area contributed by atoms with Crippen LogP contribution in [0.15, 0.2) is 78.9 Å². The third kappa shape index (κ3) is 4.10. The summed E-state index contributed by atoms with van der Waals surface area (Å²) in [7, 11) is 0. The number of anilines is 1. The Morgan fingerprint density at radius 2 is 1.61 bits per heavy atom. The van der Waals surface area contributed by atoms with Gasteiger partial charge in [0.05, 0.1) is 17.7 Å². The minimum absolute atomic E-state index is 0.0831. The third-order valence-corrected chi connectivity index (χ3v) is 5.35. The molecule has 3 amide bonds. The number of benzene rings is 3. The molecule has 1 fully saturated rings. The van der Waals surface area contributed by atoms with Gasteiger partial charge in [-0.3, -0.25) is 14.4 Å². The molecule has 0 bridgehead atoms. The number of nitrogens with zero attached hydrogens (tertiary/aromatic N) is 2. The van der Waals surface area contributed by atoms with E-state index in [1.54, 1.807) is 36.4 Å². The lowest BCUT2D eigenvalue weighted by molar-refractivity contribution is -0.122. The number of carbonyl (C=O) groups excluding carboxylic acids is 3. The van der Waals surface area contributed by atoms with Gasteiger partial charge in [-0.25, -0.2) is 9.29 Å². The summed E-state index contributed by atoms with van der Waals surface area (Å²) in [6.45, 7) is 2.03. The molecule has 1 unspecified atom stereocenters. The van der Waals surface area contributed by atoms with E-state index in [1.165, 1.54) is 23.1 Å². The zero-order valence-corrected chi connectivity index (χ0v) is 17.0. The average Bonchev–Trinajstić information content (AvgIpc) is 3.07. The van der Waals surface area contributed by atoms with E-state index >= 15 is 0 Å². The predicted octanol–water partition coefficient (Wildman–Crippen LogP) is 4.11. The molecule has 3 aromatic rings. The third-order valence-electron chi connectivity index (χ3n) is 5.35. The standard InChI is InChI=1S/C25H21FN2O3/c1-17-11-13-18(14-12-17)16-27(24(30)20-9-5-6-10-21(20)26)22-15-23(29)28(25(22)31)19-7-3-2-4-8-19/h2-14,22H,15-16H2,1H3. The Kier molecular flexibility index (Phi) is 5.62. The van der Waals surface area contributed by atoms with Crippen LogP contribution in [0, 0.1) is 12.7 Å². The summed E-state index contributed by atoms with van der Waals surface area (Å²) >= 11 is 0. The lowest BCUT2D eigenvalue weighted by Gasteiger charge is -2.28. The van der Waals surface area contributed by atoms with Crippen molar-refractivity contribution in [2.24, 2.45) is 0 Å². The Labute approximate surface area is 179 Å². The molecule has 1 saturated heterocycles. The number of imide groups is 1. The van der Waals surface area contributed by atoms with Crippen molar-refractivity contribution in [3.63, 3.8) is 0 Å². The van der Waals surface area contributed by atoms with Crippen LogP contribution in [-0.4, -0.2) is 28.7 Å². The highest BCUT2D eigenvalue weighted by atomic mass is 19.1. The second-order valence-electron chi connectivity index (χ2n) is 7.52. The predicted molar refractivity (Wildman–Crippen MR) is 115 cm³/mol. The highest BCUT2D eigenvalue weighted by Crippen LogP contribution is 2.28. The summed E-state index contributed by atoms with van der Waals surface area (Å²) in [4.78, 5) is 41.7. The molecule has 1 atom stereocenters. The van der Waals surface area contributed by atoms with Gasteiger partial charge in [0, 0.05) is 6.54 Å². The molecule has 0 radical (unpaired) electrons. The van der Waals surface area contributed by atoms with E-state index in [1.807, 2.05) is 31.2 Å². The zero-order chi connectivity index (χ0) is 22.0. The molecule has 0 aliphatic carbocycles. The quantitative estimate of drug-likeness (QED) is 0.588. The van der Waals surface area contributed by atoms with Gasteiger partial charge < -0.3 is 4.90 Å². The van der Waals surface area contributed by atoms with Crippen LogP contribution < -0.4 is 4.90 Å². The van der Waals surface area contributed by atoms with Crippen LogP contribution in [0.2, 0.25) is 0 Å². The van der Waals surface area contributed by atoms with Gasteiger partial charge in [-0.1, -0.05) is 60.2 Å². The van der Waals surface area contributed by atoms with Gasteiger partial charge in [0.25, 0.3) is 11.8 Å². The largest absolute Gasteiger partial charge is 0.322 e. The number of hydrogen-bond acceptors (Lipinski definition) is 3. The summed E-state index contributed by atoms with van der Waals surface area (Å²) in [5.74, 6) is -2.18. The molecule has 6 heteroatoms. The summed E-state index contributed by atoms with van der Waals surface area (Å²) < 4.78 is 14.4. The van der Waals surface area contributed by atoms with Crippen LogP contribution in [-0.2, 0) is 16.1 Å². The van der Waals surface area contributed by atoms with Crippen molar-refractivity contribution in [2.45, 2.75) is 25.9 Å². The minimum atomic E-state index is -1.01. The Morgan fingerprint density at radius 1 is 0.968 bits per heavy atom. The molecule has 3 aromatic carbocycles. The number of halogens is 1. The molecule has 0 saturated carbocycles. The maximum atomic E-state index is 14.4. The molecule has 0 aromatic heterocycles. The van der Waals surface area contributed by atoms with Crippen molar-refractivity contribution >= 4 is 23.4 Å². The Balaban J connectivity index is 1.71. The van der Waals surface area contributed by atoms with Gasteiger partial charge in [0.15, 0.2) is 0 Å². The van der Waals surface area contributed by atoms with Crippen molar-refractivity contribution in [1.82, 2.24) is 4.90 Å². The molecular weight excluding hydrogens is 395 g/mol. The van der Waals surface area contributed by atoms with Gasteiger partial charge in [-0.2, -0.15) is 0 Å². The van der Waals surface area contributed by atoms with Crippen LogP contribution in [0.25, 0.3) is 0 Å². The number of rotatable bonds is 5. The monoisotopic (exact) mass is 416 g/mol. The summed E-state index contributed by atoms with van der Waals surface area (Å²) in [5.41, 5.74) is 2.16. The Hall–Kier alpha value is -3.80. The Morgan fingerprint density at radius 3 is 2.29 bits per heavy atom. The van der Waals surface area contributed by atoms with E-state index < -0.39 is 29.6 Å². The smallest absolute Gasteiger partial charge is 0.257 e. The fourth-order valence-corrected chi connectivity index (χ4v) is 3.71. The zero-order valence-electron chi connectivity index (χ0n) is 17.0. The van der Waals surface area contributed by atoms with Crippen molar-refractivity contribution in [3.8, 4) is 0 Å². The molecule has 1 heterocycles. The van der Waals surface area contributed by atoms with E-state index in [2.05, 4.69) is 0 Å². The van der Waals surface area contributed by atoms with Gasteiger partial charge in [-0.15, -0.1) is 0 Å². The van der Waals surface area contributed by atoms with E-state index in [4.69, 9.17) is 0 Å². The van der Waals surface area contributed by atoms with Gasteiger partial charge >= 0.3 is 0 Å². The fraction of sp³-hybridized carbons (Fsp3) is 0.160. The molecule has 0 N–H and O–H groups in total. The van der Waals surface area contributed by atoms with E-state index in [0.717, 1.165) is 16.0 Å². The highest BCUT2D eigenvalue weighted by molar-refractivity contribution is 6.23. The maximum absolute atomic E-state index is 14.4. The van der Waals surface area contributed by atoms with E-state index in [0.29, 0.717) is 5.69 Å². The van der Waals surface area contributed by atoms with Gasteiger partial charge in [0.1, 0.15) is 11.9 Å². The van der Waals surface area contributed by atoms with E-state index in [-0.39, 0.29) is 18.5 Å². The Bertz CT molecular complexity index is 1130. The van der Waals surface area contributed by atoms with Gasteiger partial charge in [0.2, 0.25) is 5.91 Å². The first-order chi connectivity index (χ1) is 15.0. The number of carbonyl (C=O) groups is 3. The molecule has 5 nitrogen and oxygen atoms in total. The summed E-state index contributed by atoms with van der Waals surface area (Å²) in [5, 5.41) is 0. The minimum Gasteiger partial charge on any atom is -0.322 e. The van der Waals surface area contributed by atoms with Crippen LogP contribution in [0.1, 0.15) is 27.9 Å². The molecular formula is C25H21FN2O3. The van der Waals surface area contributed by atoms with Crippen LogP contribution in [0.3, 0.4) is 0 Å². The van der Waals surface area contributed by atoms with E-state index in [9.17, 15) is 18.8 Å². The number of hydrogen-bond donors (Lipinski definition) is 0. The SMILES string of the molecule is Cc1ccc(CN(C(=O)c2ccccc2F)C2CC(=O)N(c3ccccc3)C2=O)cc1. The summed E-state index contributed by atoms with van der Waals surface area (Å²) in [6, 6.07) is 20.7. The van der Waals surface area contributed by atoms with Crippen LogP contribution in [0.4, 0.5) is 10.1 Å². The number of aryl methyl sites for hydroxylation is 1. The fourth-order valence-electron chi connectivity index (χ4n) is 3.71. The van der Waals surface area contributed by atoms with Gasteiger partial charge in [-0.05, 0) is 36.8 Å². The van der Waals surface area contributed by atoms with Crippen molar-refractivity contribution in [1.29, 1.82) is 0 Å². The first-order valence-electron chi connectivity index (χ1n) is 9.98. The lowest BCUT2D eigenvalue weighted by Crippen LogP contribution is -2.45. The highest BCUT2D eigenvalue weighted by Gasteiger charge is 2.44. The molecule has 4 rings (SSSR count). The topological polar surface area (TPSA) is 57.7 Å². The van der Waals surface area contributed by atoms with Crippen molar-refractivity contribution in [2.75, 3.05) is 4.90 Å². The first-order valence-corrected chi connectivity index (χ1v) is 9.98. The average molecular weight is 416 g/mol. The number of para-hydroxylation sites is 1. The molecule has 31 heavy (non-hydrogen) atoms. The number of amides is 3. The molecule has 156 valence electrons. The van der Waals surface area contributed by atoms with Crippen LogP contribution >= 0.6 is 0 Å². The summed E-state index contributed by atoms with van der Waals surface area (Å²) in [6.07, 6.45) is -0.153. The van der Waals surface area contributed by atoms with Crippen LogP contribution in [0.5, 0.6) is 0 Å². The normalized spacial score (nSPS) is 15.9. The lowest BCUT2D eigenvalue weighted by atomic mass is 10.1. The van der Waals surface area contributed by atoms with Crippen molar-refractivity contribution in [3.05, 3.63) is 101 Å². The first kappa shape index (κ1) is 20.5. The second kappa shape index (κ2) is 8.52. The maximum Gasteiger partial charge on any atom is 0.257 e.